The van der Waals surface area contributed by atoms with Gasteiger partial charge in [0.05, 0.1) is 38.8 Å². The maximum Gasteiger partial charge on any atom is 0.145 e. The molecule has 0 aliphatic heterocycles. The second-order valence-corrected chi connectivity index (χ2v) is 20.9. The molecule has 0 saturated heterocycles. The third kappa shape index (κ3) is 10.8. The largest absolute Gasteiger partial charge is 0.327 e. The average Bonchev–Trinajstić information content (AvgIpc) is 4.26. The van der Waals surface area contributed by atoms with Crippen molar-refractivity contribution < 1.29 is 0 Å². The van der Waals surface area contributed by atoms with E-state index in [2.05, 4.69) is 286 Å². The van der Waals surface area contributed by atoms with E-state index < -0.39 is 0 Å². The van der Waals surface area contributed by atoms with E-state index in [1.165, 1.54) is 50.0 Å². The van der Waals surface area contributed by atoms with E-state index in [1.54, 1.807) is 0 Å². The summed E-state index contributed by atoms with van der Waals surface area (Å²) in [6, 6.07) is 89.2. The first-order chi connectivity index (χ1) is 37.6. The number of benzene rings is 10. The van der Waals surface area contributed by atoms with Crippen molar-refractivity contribution in [3.63, 3.8) is 0 Å². The van der Waals surface area contributed by atoms with Crippen LogP contribution in [-0.4, -0.2) is 28.7 Å². The van der Waals surface area contributed by atoms with Gasteiger partial charge in [0.15, 0.2) is 0 Å². The molecule has 0 radical (unpaired) electrons. The minimum Gasteiger partial charge on any atom is -0.327 e. The molecule has 0 N–H and O–H groups in total. The minimum absolute atomic E-state index is 0.210. The number of aromatic nitrogens is 6. The molecular weight excluding hydrogens is 937 g/mol. The number of rotatable bonds is 8. The Morgan fingerprint density at radius 2 is 0.727 bits per heavy atom. The summed E-state index contributed by atoms with van der Waals surface area (Å²) in [5.41, 5.74) is 20.9. The molecule has 0 atom stereocenters. The summed E-state index contributed by atoms with van der Waals surface area (Å²) in [4.78, 5) is 14.8. The Bertz CT molecular complexity index is 4030. The zero-order valence-corrected chi connectivity index (χ0v) is 44.6. The van der Waals surface area contributed by atoms with Crippen LogP contribution in [0.25, 0.3) is 106 Å². The lowest BCUT2D eigenvalue weighted by atomic mass is 9.90. The fraction of sp³-hybridized carbons (Fsp3) is 0.113. The Morgan fingerprint density at radius 1 is 0.338 bits per heavy atom. The molecule has 10 aromatic carbocycles. The maximum absolute atomic E-state index is 5.17. The molecule has 3 aromatic heterocycles. The SMILES string of the molecule is Cc1ccc2c(c1)nc(-c1ccccc1)n2C.Cc1ccc2c(c1)nc(-c1ccccc1)n2CC(C)(C)C.c1ccc(-c2cc(-c3ccccc3)c(-n3c(-c4ccccc4)nc4ccccc43)c(-c3ccccc3)c2)cc1. The summed E-state index contributed by atoms with van der Waals surface area (Å²) in [6.07, 6.45) is 0. The van der Waals surface area contributed by atoms with Crippen molar-refractivity contribution in [3.05, 3.63) is 266 Å². The number of nitrogens with zero attached hydrogens (tertiary/aromatic N) is 6. The lowest BCUT2D eigenvalue weighted by Gasteiger charge is -2.21. The highest BCUT2D eigenvalue weighted by molar-refractivity contribution is 5.95. The zero-order chi connectivity index (χ0) is 52.9. The molecular formula is C71H62N6. The zero-order valence-electron chi connectivity index (χ0n) is 44.6. The second kappa shape index (κ2) is 21.8. The molecule has 376 valence electrons. The van der Waals surface area contributed by atoms with Gasteiger partial charge in [-0.3, -0.25) is 4.57 Å². The molecule has 13 aromatic rings. The molecule has 3 heterocycles. The van der Waals surface area contributed by atoms with E-state index in [4.69, 9.17) is 15.0 Å². The summed E-state index contributed by atoms with van der Waals surface area (Å²) in [6.45, 7) is 12.0. The molecule has 0 amide bonds. The van der Waals surface area contributed by atoms with Crippen LogP contribution in [-0.2, 0) is 13.6 Å². The third-order valence-electron chi connectivity index (χ3n) is 13.8. The number of imidazole rings is 3. The van der Waals surface area contributed by atoms with E-state index in [1.807, 2.05) is 24.3 Å². The Hall–Kier alpha value is -9.39. The third-order valence-corrected chi connectivity index (χ3v) is 13.8. The molecule has 0 saturated carbocycles. The van der Waals surface area contributed by atoms with Crippen LogP contribution in [0, 0.1) is 19.3 Å². The van der Waals surface area contributed by atoms with Crippen molar-refractivity contribution in [2.45, 2.75) is 41.2 Å². The Labute approximate surface area is 452 Å². The second-order valence-electron chi connectivity index (χ2n) is 20.9. The standard InChI is InChI=1S/C37H26N2.C19H22N2.C15H14N2/c1-5-15-27(16-6-1)31-25-32(28-17-7-2-8-18-28)36(33(26-31)29-19-9-3-10-20-29)39-35-24-14-13-23-34(35)38-37(39)30-21-11-4-12-22-30;1-14-10-11-17-16(12-14)20-18(15-8-6-5-7-9-15)21(17)13-19(2,3)4;1-11-8-9-14-13(10-11)16-15(17(14)2)12-6-4-3-5-7-12/h1-26H;5-12H,13H2,1-4H3;3-10H,1-2H3. The van der Waals surface area contributed by atoms with Crippen LogP contribution in [0.15, 0.2) is 255 Å². The van der Waals surface area contributed by atoms with Gasteiger partial charge in [-0.1, -0.05) is 227 Å². The summed E-state index contributed by atoms with van der Waals surface area (Å²) in [5, 5.41) is 0. The number of para-hydroxylation sites is 2. The van der Waals surface area contributed by atoms with Crippen molar-refractivity contribution in [2.24, 2.45) is 12.5 Å². The van der Waals surface area contributed by atoms with Gasteiger partial charge in [0.1, 0.15) is 17.5 Å². The predicted octanol–water partition coefficient (Wildman–Crippen LogP) is 18.3. The lowest BCUT2D eigenvalue weighted by Crippen LogP contribution is -2.16. The van der Waals surface area contributed by atoms with Crippen molar-refractivity contribution >= 4 is 33.1 Å². The Balaban J connectivity index is 0.000000139. The topological polar surface area (TPSA) is 53.5 Å². The van der Waals surface area contributed by atoms with E-state index in [-0.39, 0.29) is 5.41 Å². The van der Waals surface area contributed by atoms with Gasteiger partial charge in [-0.05, 0) is 101 Å². The molecule has 0 bridgehead atoms. The fourth-order valence-electron chi connectivity index (χ4n) is 10.2. The number of hydrogen-bond acceptors (Lipinski definition) is 3. The lowest BCUT2D eigenvalue weighted by molar-refractivity contribution is 0.350. The Kier molecular flexibility index (Phi) is 14.1. The van der Waals surface area contributed by atoms with Crippen LogP contribution in [0.5, 0.6) is 0 Å². The van der Waals surface area contributed by atoms with Crippen LogP contribution in [0.1, 0.15) is 31.9 Å². The van der Waals surface area contributed by atoms with Gasteiger partial charge in [0.25, 0.3) is 0 Å². The van der Waals surface area contributed by atoms with Crippen LogP contribution in [0.2, 0.25) is 0 Å². The van der Waals surface area contributed by atoms with Gasteiger partial charge in [0, 0.05) is 41.4 Å². The quantitative estimate of drug-likeness (QED) is 0.152. The molecule has 0 aliphatic rings. The number of aryl methyl sites for hydroxylation is 3. The molecule has 0 fully saturated rings. The van der Waals surface area contributed by atoms with Crippen molar-refractivity contribution in [3.8, 4) is 73.2 Å². The molecule has 0 aliphatic carbocycles. The highest BCUT2D eigenvalue weighted by atomic mass is 15.1. The van der Waals surface area contributed by atoms with E-state index in [0.29, 0.717) is 0 Å². The molecule has 77 heavy (non-hydrogen) atoms. The molecule has 6 nitrogen and oxygen atoms in total. The van der Waals surface area contributed by atoms with Crippen LogP contribution < -0.4 is 0 Å². The van der Waals surface area contributed by atoms with Crippen LogP contribution in [0.4, 0.5) is 0 Å². The highest BCUT2D eigenvalue weighted by Crippen LogP contribution is 2.43. The highest BCUT2D eigenvalue weighted by Gasteiger charge is 2.23. The first-order valence-electron chi connectivity index (χ1n) is 26.4. The normalized spacial score (nSPS) is 11.3. The maximum atomic E-state index is 5.17. The van der Waals surface area contributed by atoms with Gasteiger partial charge < -0.3 is 9.13 Å². The van der Waals surface area contributed by atoms with E-state index in [0.717, 1.165) is 74.0 Å². The monoisotopic (exact) mass is 999 g/mol. The average molecular weight is 999 g/mol. The van der Waals surface area contributed by atoms with Gasteiger partial charge >= 0.3 is 0 Å². The summed E-state index contributed by atoms with van der Waals surface area (Å²) < 4.78 is 6.85. The summed E-state index contributed by atoms with van der Waals surface area (Å²) >= 11 is 0. The predicted molar refractivity (Wildman–Crippen MR) is 323 cm³/mol. The first-order valence-corrected chi connectivity index (χ1v) is 26.4. The minimum atomic E-state index is 0.210. The molecule has 0 unspecified atom stereocenters. The van der Waals surface area contributed by atoms with Crippen molar-refractivity contribution in [1.29, 1.82) is 0 Å². The molecule has 0 spiro atoms. The van der Waals surface area contributed by atoms with Gasteiger partial charge in [0.2, 0.25) is 0 Å². The molecule has 6 heteroatoms. The van der Waals surface area contributed by atoms with Crippen molar-refractivity contribution in [2.75, 3.05) is 0 Å². The van der Waals surface area contributed by atoms with Gasteiger partial charge in [-0.2, -0.15) is 0 Å². The first kappa shape index (κ1) is 49.8. The number of hydrogen-bond donors (Lipinski definition) is 0. The van der Waals surface area contributed by atoms with E-state index in [9.17, 15) is 0 Å². The smallest absolute Gasteiger partial charge is 0.145 e. The van der Waals surface area contributed by atoms with Crippen molar-refractivity contribution in [1.82, 2.24) is 28.7 Å². The van der Waals surface area contributed by atoms with E-state index >= 15 is 0 Å². The van der Waals surface area contributed by atoms with Crippen LogP contribution in [0.3, 0.4) is 0 Å². The van der Waals surface area contributed by atoms with Gasteiger partial charge in [-0.15, -0.1) is 0 Å². The van der Waals surface area contributed by atoms with Crippen LogP contribution >= 0.6 is 0 Å². The molecule has 13 rings (SSSR count). The fourth-order valence-corrected chi connectivity index (χ4v) is 10.2. The Morgan fingerprint density at radius 3 is 1.23 bits per heavy atom. The summed E-state index contributed by atoms with van der Waals surface area (Å²) in [7, 11) is 2.06. The van der Waals surface area contributed by atoms with Gasteiger partial charge in [-0.25, -0.2) is 15.0 Å². The number of fused-ring (bicyclic) bond motifs is 3. The summed E-state index contributed by atoms with van der Waals surface area (Å²) in [5.74, 6) is 3.01.